The van der Waals surface area contributed by atoms with Gasteiger partial charge >= 0.3 is 5.97 Å². The lowest BCUT2D eigenvalue weighted by molar-refractivity contribution is -0.146. The largest absolute Gasteiger partial charge is 0.465 e. The van der Waals surface area contributed by atoms with Crippen molar-refractivity contribution in [3.05, 3.63) is 22.4 Å². The number of cyclic esters (lactones) is 1. The van der Waals surface area contributed by atoms with Gasteiger partial charge in [-0.2, -0.15) is 0 Å². The van der Waals surface area contributed by atoms with Gasteiger partial charge in [0.2, 0.25) is 0 Å². The summed E-state index contributed by atoms with van der Waals surface area (Å²) in [5.74, 6) is 0.422. The average molecular weight is 263 g/mol. The van der Waals surface area contributed by atoms with E-state index in [2.05, 4.69) is 22.4 Å². The van der Waals surface area contributed by atoms with Gasteiger partial charge in [-0.1, -0.05) is 6.07 Å². The first-order valence-corrected chi connectivity index (χ1v) is 7.64. The second kappa shape index (κ2) is 3.81. The predicted octanol–water partition coefficient (Wildman–Crippen LogP) is 2.24. The number of ether oxygens (including phenoxy) is 1. The molecule has 96 valence electrons. The molecule has 3 aliphatic rings. The van der Waals surface area contributed by atoms with Gasteiger partial charge in [0.15, 0.2) is 0 Å². The van der Waals surface area contributed by atoms with Crippen LogP contribution in [-0.4, -0.2) is 36.6 Å². The van der Waals surface area contributed by atoms with Gasteiger partial charge in [0.05, 0.1) is 12.0 Å². The van der Waals surface area contributed by atoms with Crippen LogP contribution in [0.15, 0.2) is 17.5 Å². The Morgan fingerprint density at radius 1 is 1.50 bits per heavy atom. The molecule has 0 radical (unpaired) electrons. The molecule has 0 aromatic carbocycles. The SMILES string of the molecule is O=C1OCC[C@]12CN1CCC[C@@H]1[C@H]2c1cccs1. The molecular weight excluding hydrogens is 246 g/mol. The summed E-state index contributed by atoms with van der Waals surface area (Å²) in [4.78, 5) is 16.2. The number of fused-ring (bicyclic) bond motifs is 1. The maximum Gasteiger partial charge on any atom is 0.314 e. The van der Waals surface area contributed by atoms with E-state index in [0.29, 0.717) is 18.6 Å². The quantitative estimate of drug-likeness (QED) is 0.728. The molecule has 1 spiro atoms. The number of nitrogens with zero attached hydrogens (tertiary/aromatic N) is 1. The molecule has 0 unspecified atom stereocenters. The number of rotatable bonds is 1. The van der Waals surface area contributed by atoms with E-state index in [4.69, 9.17) is 4.74 Å². The first-order valence-electron chi connectivity index (χ1n) is 6.76. The Kier molecular flexibility index (Phi) is 2.33. The Morgan fingerprint density at radius 2 is 2.44 bits per heavy atom. The lowest BCUT2D eigenvalue weighted by atomic mass is 9.73. The van der Waals surface area contributed by atoms with E-state index in [1.165, 1.54) is 17.7 Å². The van der Waals surface area contributed by atoms with Crippen LogP contribution in [0.2, 0.25) is 0 Å². The fourth-order valence-electron chi connectivity index (χ4n) is 4.18. The van der Waals surface area contributed by atoms with Gasteiger partial charge in [-0.05, 0) is 37.3 Å². The van der Waals surface area contributed by atoms with Gasteiger partial charge in [-0.25, -0.2) is 0 Å². The summed E-state index contributed by atoms with van der Waals surface area (Å²) in [6, 6.07) is 4.87. The lowest BCUT2D eigenvalue weighted by Gasteiger charge is -2.27. The second-order valence-corrected chi connectivity index (χ2v) is 6.69. The monoisotopic (exact) mass is 263 g/mol. The number of hydrogen-bond donors (Lipinski definition) is 0. The first-order chi connectivity index (χ1) is 8.81. The third kappa shape index (κ3) is 1.30. The molecule has 3 nitrogen and oxygen atoms in total. The van der Waals surface area contributed by atoms with E-state index >= 15 is 0 Å². The zero-order valence-corrected chi connectivity index (χ0v) is 11.1. The van der Waals surface area contributed by atoms with E-state index in [-0.39, 0.29) is 11.4 Å². The zero-order valence-electron chi connectivity index (χ0n) is 10.3. The van der Waals surface area contributed by atoms with E-state index in [1.54, 1.807) is 11.3 Å². The molecule has 4 heteroatoms. The molecule has 0 aliphatic carbocycles. The van der Waals surface area contributed by atoms with Gasteiger partial charge in [0.25, 0.3) is 0 Å². The summed E-state index contributed by atoms with van der Waals surface area (Å²) in [7, 11) is 0. The number of carbonyl (C=O) groups excluding carboxylic acids is 1. The molecular formula is C14H17NO2S. The van der Waals surface area contributed by atoms with Crippen LogP contribution in [0.3, 0.4) is 0 Å². The maximum atomic E-state index is 12.3. The molecule has 4 heterocycles. The second-order valence-electron chi connectivity index (χ2n) is 5.72. The molecule has 3 saturated heterocycles. The van der Waals surface area contributed by atoms with Gasteiger partial charge in [-0.3, -0.25) is 9.69 Å². The van der Waals surface area contributed by atoms with E-state index in [1.807, 2.05) is 0 Å². The predicted molar refractivity (Wildman–Crippen MR) is 69.7 cm³/mol. The number of esters is 1. The highest BCUT2D eigenvalue weighted by molar-refractivity contribution is 7.10. The molecule has 0 amide bonds. The molecule has 1 aromatic heterocycles. The van der Waals surface area contributed by atoms with Crippen LogP contribution in [0.5, 0.6) is 0 Å². The molecule has 3 atom stereocenters. The smallest absolute Gasteiger partial charge is 0.314 e. The van der Waals surface area contributed by atoms with Crippen molar-refractivity contribution in [3.8, 4) is 0 Å². The van der Waals surface area contributed by atoms with Crippen molar-refractivity contribution in [2.45, 2.75) is 31.2 Å². The highest BCUT2D eigenvalue weighted by atomic mass is 32.1. The summed E-state index contributed by atoms with van der Waals surface area (Å²) in [5, 5.41) is 2.13. The molecule has 0 saturated carbocycles. The normalized spacial score (nSPS) is 39.4. The summed E-state index contributed by atoms with van der Waals surface area (Å²) < 4.78 is 5.32. The highest BCUT2D eigenvalue weighted by Crippen LogP contribution is 2.55. The molecule has 0 bridgehead atoms. The highest BCUT2D eigenvalue weighted by Gasteiger charge is 2.61. The molecule has 0 N–H and O–H groups in total. The van der Waals surface area contributed by atoms with Crippen LogP contribution < -0.4 is 0 Å². The fourth-order valence-corrected chi connectivity index (χ4v) is 5.18. The Balaban J connectivity index is 1.80. The van der Waals surface area contributed by atoms with Crippen LogP contribution in [-0.2, 0) is 9.53 Å². The first kappa shape index (κ1) is 11.0. The van der Waals surface area contributed by atoms with Gasteiger partial charge < -0.3 is 4.74 Å². The number of hydrogen-bond acceptors (Lipinski definition) is 4. The molecule has 3 fully saturated rings. The van der Waals surface area contributed by atoms with Gasteiger partial charge in [-0.15, -0.1) is 11.3 Å². The van der Waals surface area contributed by atoms with E-state index in [0.717, 1.165) is 19.5 Å². The third-order valence-electron chi connectivity index (χ3n) is 4.92. The van der Waals surface area contributed by atoms with Crippen LogP contribution in [0, 0.1) is 5.41 Å². The number of carbonyl (C=O) groups is 1. The fraction of sp³-hybridized carbons (Fsp3) is 0.643. The molecule has 3 aliphatic heterocycles. The van der Waals surface area contributed by atoms with Crippen molar-refractivity contribution >= 4 is 17.3 Å². The van der Waals surface area contributed by atoms with Gasteiger partial charge in [0, 0.05) is 23.4 Å². The summed E-state index contributed by atoms with van der Waals surface area (Å²) in [6.45, 7) is 2.68. The van der Waals surface area contributed by atoms with Crippen LogP contribution in [0.1, 0.15) is 30.1 Å². The Hall–Kier alpha value is -0.870. The Morgan fingerprint density at radius 3 is 3.17 bits per heavy atom. The van der Waals surface area contributed by atoms with E-state index < -0.39 is 0 Å². The van der Waals surface area contributed by atoms with Crippen molar-refractivity contribution in [3.63, 3.8) is 0 Å². The van der Waals surface area contributed by atoms with Crippen molar-refractivity contribution in [2.75, 3.05) is 19.7 Å². The molecule has 1 aromatic rings. The Bertz CT molecular complexity index is 472. The molecule has 4 rings (SSSR count). The van der Waals surface area contributed by atoms with Crippen molar-refractivity contribution in [1.82, 2.24) is 4.90 Å². The summed E-state index contributed by atoms with van der Waals surface area (Å²) in [6.07, 6.45) is 3.41. The van der Waals surface area contributed by atoms with Crippen LogP contribution >= 0.6 is 11.3 Å². The van der Waals surface area contributed by atoms with Crippen molar-refractivity contribution in [2.24, 2.45) is 5.41 Å². The summed E-state index contributed by atoms with van der Waals surface area (Å²) >= 11 is 1.80. The minimum absolute atomic E-state index is 0.0512. The van der Waals surface area contributed by atoms with E-state index in [9.17, 15) is 4.79 Å². The standard InChI is InChI=1S/C14H17NO2S/c16-13-14(5-7-17-13)9-15-6-1-3-10(15)12(14)11-4-2-8-18-11/h2,4,8,10,12H,1,3,5-7,9H2/t10-,12+,14-/m1/s1. The number of thiophene rings is 1. The van der Waals surface area contributed by atoms with Crippen molar-refractivity contribution < 1.29 is 9.53 Å². The minimum Gasteiger partial charge on any atom is -0.465 e. The lowest BCUT2D eigenvalue weighted by Crippen LogP contribution is -2.35. The minimum atomic E-state index is -0.240. The topological polar surface area (TPSA) is 29.5 Å². The van der Waals surface area contributed by atoms with Crippen LogP contribution in [0.25, 0.3) is 0 Å². The summed E-state index contributed by atoms with van der Waals surface area (Å²) in [5.41, 5.74) is -0.240. The zero-order chi connectivity index (χ0) is 12.2. The average Bonchev–Trinajstić information content (AvgIpc) is 3.07. The maximum absolute atomic E-state index is 12.3. The van der Waals surface area contributed by atoms with Crippen molar-refractivity contribution in [1.29, 1.82) is 0 Å². The third-order valence-corrected chi connectivity index (χ3v) is 5.87. The van der Waals surface area contributed by atoms with Gasteiger partial charge in [0.1, 0.15) is 0 Å². The molecule has 18 heavy (non-hydrogen) atoms. The van der Waals surface area contributed by atoms with Crippen LogP contribution in [0.4, 0.5) is 0 Å². The Labute approximate surface area is 111 Å².